The molecule has 2 aromatic rings. The first-order valence-corrected chi connectivity index (χ1v) is 7.29. The molecule has 106 valence electrons. The fourth-order valence-corrected chi connectivity index (χ4v) is 2.50. The molecule has 0 bridgehead atoms. The van der Waals surface area contributed by atoms with Crippen LogP contribution in [0.4, 0.5) is 4.39 Å². The van der Waals surface area contributed by atoms with Crippen LogP contribution in [0.1, 0.15) is 24.5 Å². The third-order valence-electron chi connectivity index (χ3n) is 3.49. The highest BCUT2D eigenvalue weighted by Crippen LogP contribution is 2.11. The van der Waals surface area contributed by atoms with Crippen molar-refractivity contribution in [1.82, 2.24) is 5.32 Å². The molecule has 2 aromatic carbocycles. The molecule has 0 radical (unpaired) electrons. The van der Waals surface area contributed by atoms with Crippen LogP contribution >= 0.6 is 0 Å². The van der Waals surface area contributed by atoms with E-state index in [1.807, 2.05) is 12.1 Å². The van der Waals surface area contributed by atoms with Crippen molar-refractivity contribution in [2.45, 2.75) is 32.2 Å². The molecule has 0 aliphatic heterocycles. The zero-order valence-corrected chi connectivity index (χ0v) is 12.0. The van der Waals surface area contributed by atoms with Crippen LogP contribution in [0.5, 0.6) is 0 Å². The van der Waals surface area contributed by atoms with Gasteiger partial charge in [0.15, 0.2) is 0 Å². The van der Waals surface area contributed by atoms with Gasteiger partial charge < -0.3 is 5.32 Å². The number of halogens is 1. The maximum atomic E-state index is 13.2. The molecule has 0 aliphatic carbocycles. The van der Waals surface area contributed by atoms with E-state index in [0.717, 1.165) is 31.4 Å². The number of rotatable bonds is 7. The molecule has 2 rings (SSSR count). The third kappa shape index (κ3) is 4.78. The van der Waals surface area contributed by atoms with Gasteiger partial charge in [-0.15, -0.1) is 0 Å². The summed E-state index contributed by atoms with van der Waals surface area (Å²) in [7, 11) is 0. The largest absolute Gasteiger partial charge is 0.314 e. The maximum Gasteiger partial charge on any atom is 0.123 e. The first-order valence-electron chi connectivity index (χ1n) is 7.29. The Morgan fingerprint density at radius 1 is 1.00 bits per heavy atom. The van der Waals surface area contributed by atoms with Crippen LogP contribution in [0.3, 0.4) is 0 Å². The second-order valence-electron chi connectivity index (χ2n) is 5.11. The lowest BCUT2D eigenvalue weighted by atomic mass is 9.99. The average molecular weight is 271 g/mol. The molecule has 1 nitrogen and oxygen atoms in total. The van der Waals surface area contributed by atoms with E-state index >= 15 is 0 Å². The van der Waals surface area contributed by atoms with Crippen LogP contribution in [-0.2, 0) is 12.8 Å². The summed E-state index contributed by atoms with van der Waals surface area (Å²) in [5.41, 5.74) is 2.42. The Balaban J connectivity index is 1.93. The molecule has 1 atom stereocenters. The number of hydrogen-bond donors (Lipinski definition) is 1. The van der Waals surface area contributed by atoms with Crippen molar-refractivity contribution in [1.29, 1.82) is 0 Å². The summed E-state index contributed by atoms with van der Waals surface area (Å²) in [4.78, 5) is 0. The van der Waals surface area contributed by atoms with Crippen molar-refractivity contribution in [2.24, 2.45) is 0 Å². The minimum atomic E-state index is -0.152. The van der Waals surface area contributed by atoms with Crippen LogP contribution in [-0.4, -0.2) is 12.6 Å². The standard InChI is InChI=1S/C18H22FN/c1-2-20-18(12-11-15-7-4-3-5-8-15)14-16-9-6-10-17(19)13-16/h3-10,13,18,20H,2,11-12,14H2,1H3. The van der Waals surface area contributed by atoms with Crippen LogP contribution in [0.15, 0.2) is 54.6 Å². The van der Waals surface area contributed by atoms with E-state index in [2.05, 4.69) is 36.5 Å². The highest BCUT2D eigenvalue weighted by atomic mass is 19.1. The molecule has 0 heterocycles. The summed E-state index contributed by atoms with van der Waals surface area (Å²) in [6, 6.07) is 17.8. The van der Waals surface area contributed by atoms with E-state index in [1.165, 1.54) is 11.6 Å². The van der Waals surface area contributed by atoms with Crippen molar-refractivity contribution in [2.75, 3.05) is 6.54 Å². The van der Waals surface area contributed by atoms with E-state index < -0.39 is 0 Å². The van der Waals surface area contributed by atoms with Gasteiger partial charge in [0.25, 0.3) is 0 Å². The second-order valence-corrected chi connectivity index (χ2v) is 5.11. The molecule has 2 heteroatoms. The summed E-state index contributed by atoms with van der Waals surface area (Å²) in [5.74, 6) is -0.152. The predicted molar refractivity (Wildman–Crippen MR) is 82.3 cm³/mol. The number of hydrogen-bond acceptors (Lipinski definition) is 1. The highest BCUT2D eigenvalue weighted by Gasteiger charge is 2.09. The third-order valence-corrected chi connectivity index (χ3v) is 3.49. The van der Waals surface area contributed by atoms with Crippen molar-refractivity contribution in [3.8, 4) is 0 Å². The molecule has 0 saturated carbocycles. The second kappa shape index (κ2) is 7.81. The van der Waals surface area contributed by atoms with Gasteiger partial charge >= 0.3 is 0 Å². The highest BCUT2D eigenvalue weighted by molar-refractivity contribution is 5.18. The Labute approximate surface area is 120 Å². The fraction of sp³-hybridized carbons (Fsp3) is 0.333. The number of aryl methyl sites for hydroxylation is 1. The molecular formula is C18H22FN. The van der Waals surface area contributed by atoms with Crippen molar-refractivity contribution < 1.29 is 4.39 Å². The van der Waals surface area contributed by atoms with Gasteiger partial charge in [0.1, 0.15) is 5.82 Å². The van der Waals surface area contributed by atoms with E-state index in [4.69, 9.17) is 0 Å². The smallest absolute Gasteiger partial charge is 0.123 e. The first-order chi connectivity index (χ1) is 9.78. The summed E-state index contributed by atoms with van der Waals surface area (Å²) in [6.07, 6.45) is 2.99. The average Bonchev–Trinajstić information content (AvgIpc) is 2.46. The minimum Gasteiger partial charge on any atom is -0.314 e. The molecule has 0 aromatic heterocycles. The van der Waals surface area contributed by atoms with Crippen molar-refractivity contribution >= 4 is 0 Å². The van der Waals surface area contributed by atoms with Gasteiger partial charge in [0, 0.05) is 6.04 Å². The lowest BCUT2D eigenvalue weighted by molar-refractivity contribution is 0.490. The Morgan fingerprint density at radius 3 is 2.45 bits per heavy atom. The molecule has 0 aliphatic rings. The first kappa shape index (κ1) is 14.7. The molecule has 0 spiro atoms. The van der Waals surface area contributed by atoms with Gasteiger partial charge in [-0.1, -0.05) is 49.4 Å². The van der Waals surface area contributed by atoms with Gasteiger partial charge in [-0.25, -0.2) is 4.39 Å². The maximum absolute atomic E-state index is 13.2. The van der Waals surface area contributed by atoms with E-state index in [1.54, 1.807) is 12.1 Å². The van der Waals surface area contributed by atoms with E-state index in [9.17, 15) is 4.39 Å². The molecular weight excluding hydrogens is 249 g/mol. The van der Waals surface area contributed by atoms with E-state index in [-0.39, 0.29) is 5.82 Å². The molecule has 1 N–H and O–H groups in total. The Bertz CT molecular complexity index is 510. The summed E-state index contributed by atoms with van der Waals surface area (Å²) < 4.78 is 13.2. The van der Waals surface area contributed by atoms with Crippen LogP contribution < -0.4 is 5.32 Å². The normalized spacial score (nSPS) is 12.3. The minimum absolute atomic E-state index is 0.152. The summed E-state index contributed by atoms with van der Waals surface area (Å²) in [6.45, 7) is 3.05. The van der Waals surface area contributed by atoms with Crippen LogP contribution in [0.2, 0.25) is 0 Å². The number of benzene rings is 2. The van der Waals surface area contributed by atoms with Gasteiger partial charge in [-0.05, 0) is 49.1 Å². The SMILES string of the molecule is CCNC(CCc1ccccc1)Cc1cccc(F)c1. The van der Waals surface area contributed by atoms with Gasteiger partial charge in [0.2, 0.25) is 0 Å². The van der Waals surface area contributed by atoms with Gasteiger partial charge in [-0.2, -0.15) is 0 Å². The van der Waals surface area contributed by atoms with Gasteiger partial charge in [0.05, 0.1) is 0 Å². The topological polar surface area (TPSA) is 12.0 Å². The lowest BCUT2D eigenvalue weighted by Crippen LogP contribution is -2.31. The predicted octanol–water partition coefficient (Wildman–Crippen LogP) is 3.98. The Kier molecular flexibility index (Phi) is 5.75. The Morgan fingerprint density at radius 2 is 1.75 bits per heavy atom. The quantitative estimate of drug-likeness (QED) is 0.803. The number of nitrogens with one attached hydrogen (secondary N) is 1. The number of likely N-dealkylation sites (N-methyl/N-ethyl adjacent to an activating group) is 1. The zero-order valence-electron chi connectivity index (χ0n) is 12.0. The van der Waals surface area contributed by atoms with Gasteiger partial charge in [-0.3, -0.25) is 0 Å². The summed E-state index contributed by atoms with van der Waals surface area (Å²) >= 11 is 0. The summed E-state index contributed by atoms with van der Waals surface area (Å²) in [5, 5.41) is 3.50. The zero-order chi connectivity index (χ0) is 14.2. The lowest BCUT2D eigenvalue weighted by Gasteiger charge is -2.18. The molecule has 1 unspecified atom stereocenters. The fourth-order valence-electron chi connectivity index (χ4n) is 2.50. The monoisotopic (exact) mass is 271 g/mol. The molecule has 0 amide bonds. The Hall–Kier alpha value is -1.67. The molecule has 0 fully saturated rings. The van der Waals surface area contributed by atoms with Crippen molar-refractivity contribution in [3.63, 3.8) is 0 Å². The van der Waals surface area contributed by atoms with Crippen LogP contribution in [0, 0.1) is 5.82 Å². The van der Waals surface area contributed by atoms with Crippen molar-refractivity contribution in [3.05, 3.63) is 71.5 Å². The molecule has 0 saturated heterocycles. The van der Waals surface area contributed by atoms with E-state index in [0.29, 0.717) is 6.04 Å². The van der Waals surface area contributed by atoms with Crippen LogP contribution in [0.25, 0.3) is 0 Å². The molecule has 20 heavy (non-hydrogen) atoms.